The van der Waals surface area contributed by atoms with Gasteiger partial charge in [0.2, 0.25) is 5.82 Å². The van der Waals surface area contributed by atoms with Crippen molar-refractivity contribution in [3.8, 4) is 0 Å². The number of morpholine rings is 1. The van der Waals surface area contributed by atoms with Gasteiger partial charge in [0.25, 0.3) is 0 Å². The lowest BCUT2D eigenvalue weighted by atomic mass is 10.2. The van der Waals surface area contributed by atoms with Gasteiger partial charge in [-0.25, -0.2) is 4.98 Å². The normalized spacial score (nSPS) is 23.1. The molecule has 0 unspecified atom stereocenters. The van der Waals surface area contributed by atoms with E-state index in [4.69, 9.17) is 15.7 Å². The SMILES string of the molecule is C[C@@H]1CN(c2ncc(C(N)=NO)cc2[N+](=O)[O-])C[C@H](C)O1. The first-order valence-corrected chi connectivity index (χ1v) is 6.45. The zero-order chi connectivity index (χ0) is 15.6. The fourth-order valence-corrected chi connectivity index (χ4v) is 2.37. The van der Waals surface area contributed by atoms with Crippen molar-refractivity contribution in [2.24, 2.45) is 10.9 Å². The molecule has 0 aliphatic carbocycles. The lowest BCUT2D eigenvalue weighted by Crippen LogP contribution is -2.46. The highest BCUT2D eigenvalue weighted by atomic mass is 16.6. The van der Waals surface area contributed by atoms with Crippen LogP contribution < -0.4 is 10.6 Å². The van der Waals surface area contributed by atoms with Crippen LogP contribution in [0.2, 0.25) is 0 Å². The number of hydrogen-bond acceptors (Lipinski definition) is 7. The zero-order valence-corrected chi connectivity index (χ0v) is 11.8. The smallest absolute Gasteiger partial charge is 0.312 e. The number of amidine groups is 1. The molecule has 1 aliphatic heterocycles. The average molecular weight is 295 g/mol. The molecular formula is C12H17N5O4. The van der Waals surface area contributed by atoms with Gasteiger partial charge in [-0.3, -0.25) is 10.1 Å². The van der Waals surface area contributed by atoms with E-state index in [2.05, 4.69) is 10.1 Å². The molecule has 2 heterocycles. The summed E-state index contributed by atoms with van der Waals surface area (Å²) in [5, 5.41) is 22.7. The Labute approximate surface area is 121 Å². The summed E-state index contributed by atoms with van der Waals surface area (Å²) in [4.78, 5) is 16.7. The number of oxime groups is 1. The van der Waals surface area contributed by atoms with Crippen LogP contribution >= 0.6 is 0 Å². The van der Waals surface area contributed by atoms with Gasteiger partial charge in [0.1, 0.15) is 0 Å². The predicted molar refractivity (Wildman–Crippen MR) is 75.6 cm³/mol. The van der Waals surface area contributed by atoms with Crippen LogP contribution in [-0.4, -0.2) is 46.2 Å². The molecule has 0 radical (unpaired) electrons. The Morgan fingerprint density at radius 2 is 2.19 bits per heavy atom. The number of hydrogen-bond donors (Lipinski definition) is 2. The first kappa shape index (κ1) is 15.0. The second-order valence-corrected chi connectivity index (χ2v) is 4.97. The maximum Gasteiger partial charge on any atom is 0.312 e. The molecule has 0 spiro atoms. The Morgan fingerprint density at radius 3 is 2.71 bits per heavy atom. The number of nitrogens with zero attached hydrogens (tertiary/aromatic N) is 4. The quantitative estimate of drug-likeness (QED) is 0.276. The first-order chi connectivity index (χ1) is 9.92. The van der Waals surface area contributed by atoms with E-state index in [1.54, 1.807) is 0 Å². The van der Waals surface area contributed by atoms with Crippen molar-refractivity contribution < 1.29 is 14.9 Å². The summed E-state index contributed by atoms with van der Waals surface area (Å²) in [5.74, 6) is 0.0392. The topological polar surface area (TPSA) is 127 Å². The molecule has 2 atom stereocenters. The molecule has 1 fully saturated rings. The van der Waals surface area contributed by atoms with Gasteiger partial charge in [0.05, 0.1) is 17.1 Å². The summed E-state index contributed by atoms with van der Waals surface area (Å²) < 4.78 is 5.61. The van der Waals surface area contributed by atoms with Gasteiger partial charge in [-0.2, -0.15) is 0 Å². The van der Waals surface area contributed by atoms with Crippen molar-refractivity contribution in [1.82, 2.24) is 4.98 Å². The zero-order valence-electron chi connectivity index (χ0n) is 11.8. The van der Waals surface area contributed by atoms with Crippen LogP contribution in [0.3, 0.4) is 0 Å². The molecule has 0 aromatic carbocycles. The van der Waals surface area contributed by atoms with Crippen LogP contribution in [0.1, 0.15) is 19.4 Å². The monoisotopic (exact) mass is 295 g/mol. The Kier molecular flexibility index (Phi) is 4.22. The van der Waals surface area contributed by atoms with Gasteiger partial charge in [-0.15, -0.1) is 0 Å². The maximum atomic E-state index is 11.3. The molecule has 1 saturated heterocycles. The van der Waals surface area contributed by atoms with Crippen LogP contribution in [0, 0.1) is 10.1 Å². The third kappa shape index (κ3) is 3.19. The van der Waals surface area contributed by atoms with Crippen molar-refractivity contribution in [3.05, 3.63) is 27.9 Å². The van der Waals surface area contributed by atoms with E-state index in [1.807, 2.05) is 18.7 Å². The molecule has 0 saturated carbocycles. The van der Waals surface area contributed by atoms with E-state index in [-0.39, 0.29) is 35.1 Å². The molecule has 1 aliphatic rings. The van der Waals surface area contributed by atoms with Crippen LogP contribution in [0.4, 0.5) is 11.5 Å². The fraction of sp³-hybridized carbons (Fsp3) is 0.500. The standard InChI is InChI=1S/C12H17N5O4/c1-7-5-16(6-8(2)21-7)12-10(17(19)20)3-9(4-14-12)11(13)15-18/h3-4,7-8,18H,5-6H2,1-2H3,(H2,13,15)/t7-,8+. The Morgan fingerprint density at radius 1 is 1.57 bits per heavy atom. The summed E-state index contributed by atoms with van der Waals surface area (Å²) in [6, 6.07) is 1.25. The van der Waals surface area contributed by atoms with Crippen molar-refractivity contribution in [1.29, 1.82) is 0 Å². The Hall–Kier alpha value is -2.42. The third-order valence-electron chi connectivity index (χ3n) is 3.17. The van der Waals surface area contributed by atoms with Gasteiger partial charge in [-0.1, -0.05) is 5.16 Å². The highest BCUT2D eigenvalue weighted by molar-refractivity contribution is 5.97. The molecule has 114 valence electrons. The number of aromatic nitrogens is 1. The van der Waals surface area contributed by atoms with Gasteiger partial charge in [0, 0.05) is 30.9 Å². The Bertz CT molecular complexity index is 567. The highest BCUT2D eigenvalue weighted by Gasteiger charge is 2.29. The lowest BCUT2D eigenvalue weighted by molar-refractivity contribution is -0.384. The molecular weight excluding hydrogens is 278 g/mol. The van der Waals surface area contributed by atoms with Crippen molar-refractivity contribution >= 4 is 17.3 Å². The average Bonchev–Trinajstić information content (AvgIpc) is 2.44. The van der Waals surface area contributed by atoms with Crippen molar-refractivity contribution in [2.45, 2.75) is 26.1 Å². The minimum atomic E-state index is -0.527. The molecule has 21 heavy (non-hydrogen) atoms. The van der Waals surface area contributed by atoms with E-state index >= 15 is 0 Å². The number of ether oxygens (including phenoxy) is 1. The first-order valence-electron chi connectivity index (χ1n) is 6.45. The highest BCUT2D eigenvalue weighted by Crippen LogP contribution is 2.28. The minimum absolute atomic E-state index is 0.0427. The molecule has 2 rings (SSSR count). The Balaban J connectivity index is 2.41. The summed E-state index contributed by atoms with van der Waals surface area (Å²) >= 11 is 0. The van der Waals surface area contributed by atoms with Gasteiger partial charge in [-0.05, 0) is 13.8 Å². The van der Waals surface area contributed by atoms with E-state index in [0.717, 1.165) is 0 Å². The summed E-state index contributed by atoms with van der Waals surface area (Å²) in [6.07, 6.45) is 1.26. The van der Waals surface area contributed by atoms with Crippen LogP contribution in [-0.2, 0) is 4.74 Å². The lowest BCUT2D eigenvalue weighted by Gasteiger charge is -2.35. The summed E-state index contributed by atoms with van der Waals surface area (Å²) in [7, 11) is 0. The number of nitro groups is 1. The van der Waals surface area contributed by atoms with Crippen LogP contribution in [0.15, 0.2) is 17.4 Å². The molecule has 1 aromatic rings. The molecule has 0 amide bonds. The van der Waals surface area contributed by atoms with E-state index in [1.165, 1.54) is 12.3 Å². The second kappa shape index (κ2) is 5.92. The molecule has 3 N–H and O–H groups in total. The van der Waals surface area contributed by atoms with Gasteiger partial charge >= 0.3 is 5.69 Å². The fourth-order valence-electron chi connectivity index (χ4n) is 2.37. The van der Waals surface area contributed by atoms with Gasteiger partial charge in [0.15, 0.2) is 5.84 Å². The summed E-state index contributed by atoms with van der Waals surface area (Å²) in [6.45, 7) is 4.83. The predicted octanol–water partition coefficient (Wildman–Crippen LogP) is 0.698. The molecule has 1 aromatic heterocycles. The van der Waals surface area contributed by atoms with Crippen molar-refractivity contribution in [2.75, 3.05) is 18.0 Å². The van der Waals surface area contributed by atoms with Crippen LogP contribution in [0.25, 0.3) is 0 Å². The third-order valence-corrected chi connectivity index (χ3v) is 3.17. The van der Waals surface area contributed by atoms with Gasteiger partial charge < -0.3 is 20.6 Å². The second-order valence-electron chi connectivity index (χ2n) is 4.97. The molecule has 9 nitrogen and oxygen atoms in total. The number of pyridine rings is 1. The maximum absolute atomic E-state index is 11.3. The van der Waals surface area contributed by atoms with Crippen molar-refractivity contribution in [3.63, 3.8) is 0 Å². The number of rotatable bonds is 3. The number of anilines is 1. The molecule has 9 heteroatoms. The van der Waals surface area contributed by atoms with E-state index < -0.39 is 4.92 Å². The molecule has 0 bridgehead atoms. The minimum Gasteiger partial charge on any atom is -0.409 e. The number of nitrogens with two attached hydrogens (primary N) is 1. The largest absolute Gasteiger partial charge is 0.409 e. The summed E-state index contributed by atoms with van der Waals surface area (Å²) in [5.41, 5.74) is 5.46. The van der Waals surface area contributed by atoms with Crippen LogP contribution in [0.5, 0.6) is 0 Å². The van der Waals surface area contributed by atoms with E-state index in [9.17, 15) is 10.1 Å². The van der Waals surface area contributed by atoms with E-state index in [0.29, 0.717) is 13.1 Å².